The molecule has 7 rings (SSSR count). The Kier molecular flexibility index (Phi) is 3.91. The molecule has 1 aliphatic heterocycles. The van der Waals surface area contributed by atoms with E-state index in [0.717, 1.165) is 30.0 Å². The van der Waals surface area contributed by atoms with E-state index in [1.54, 1.807) is 6.20 Å². The van der Waals surface area contributed by atoms with Gasteiger partial charge in [0.25, 0.3) is 5.91 Å². The van der Waals surface area contributed by atoms with E-state index < -0.39 is 0 Å². The number of amides is 1. The van der Waals surface area contributed by atoms with Crippen LogP contribution in [-0.2, 0) is 5.54 Å². The van der Waals surface area contributed by atoms with Gasteiger partial charge in [0.2, 0.25) is 0 Å². The Bertz CT molecular complexity index is 941. The largest absolute Gasteiger partial charge is 0.363 e. The first-order valence-corrected chi connectivity index (χ1v) is 11.6. The molecule has 4 saturated carbocycles. The molecule has 0 spiro atoms. The average molecular weight is 405 g/mol. The van der Waals surface area contributed by atoms with Crippen molar-refractivity contribution in [1.29, 1.82) is 0 Å². The zero-order valence-electron chi connectivity index (χ0n) is 18.0. The lowest BCUT2D eigenvalue weighted by atomic mass is 9.53. The topological polar surface area (TPSA) is 59.0 Å². The van der Waals surface area contributed by atoms with Crippen molar-refractivity contribution in [2.75, 3.05) is 5.32 Å². The first-order chi connectivity index (χ1) is 14.4. The molecule has 4 bridgehead atoms. The predicted molar refractivity (Wildman–Crippen MR) is 117 cm³/mol. The number of fused-ring (bicyclic) bond motifs is 1. The number of carbonyl (C=O) groups excluding carboxylic acids is 1. The molecule has 4 aliphatic carbocycles. The number of nitrogens with one attached hydrogen (secondary N) is 2. The van der Waals surface area contributed by atoms with Gasteiger partial charge in [-0.15, -0.1) is 0 Å². The van der Waals surface area contributed by atoms with Crippen LogP contribution < -0.4 is 10.6 Å². The molecule has 1 amide bonds. The zero-order chi connectivity index (χ0) is 20.5. The molecule has 5 aliphatic rings. The van der Waals surface area contributed by atoms with Gasteiger partial charge in [0.15, 0.2) is 0 Å². The van der Waals surface area contributed by atoms with Crippen LogP contribution in [0.2, 0.25) is 0 Å². The van der Waals surface area contributed by atoms with Crippen LogP contribution >= 0.6 is 0 Å². The molecular weight excluding hydrogens is 372 g/mol. The summed E-state index contributed by atoms with van der Waals surface area (Å²) in [6.07, 6.45) is 10.3. The minimum Gasteiger partial charge on any atom is -0.363 e. The summed E-state index contributed by atoms with van der Waals surface area (Å²) in [5.41, 5.74) is 1.81. The van der Waals surface area contributed by atoms with Crippen molar-refractivity contribution < 1.29 is 4.79 Å². The fraction of sp³-hybridized carbons (Fsp3) is 0.600. The van der Waals surface area contributed by atoms with E-state index >= 15 is 0 Å². The lowest BCUT2D eigenvalue weighted by molar-refractivity contribution is -0.0166. The van der Waals surface area contributed by atoms with E-state index in [9.17, 15) is 4.79 Å². The van der Waals surface area contributed by atoms with Crippen LogP contribution in [0.3, 0.4) is 0 Å². The van der Waals surface area contributed by atoms with Gasteiger partial charge in [0.05, 0.1) is 17.8 Å². The highest BCUT2D eigenvalue weighted by Gasteiger charge is 2.52. The smallest absolute Gasteiger partial charge is 0.257 e. The third-order valence-corrected chi connectivity index (χ3v) is 8.22. The number of nitrogens with zero attached hydrogens (tertiary/aromatic N) is 2. The van der Waals surface area contributed by atoms with Crippen molar-refractivity contribution >= 4 is 11.7 Å². The number of hydrogen-bond acceptors (Lipinski definition) is 3. The summed E-state index contributed by atoms with van der Waals surface area (Å²) < 4.78 is 2.01. The molecule has 2 heterocycles. The highest BCUT2D eigenvalue weighted by Crippen LogP contribution is 2.55. The average Bonchev–Trinajstić information content (AvgIpc) is 3.12. The number of hydrogen-bond donors (Lipinski definition) is 2. The van der Waals surface area contributed by atoms with Gasteiger partial charge in [-0.25, -0.2) is 4.68 Å². The molecule has 30 heavy (non-hydrogen) atoms. The Hall–Kier alpha value is -2.30. The summed E-state index contributed by atoms with van der Waals surface area (Å²) in [6, 6.07) is 10.7. The molecule has 4 fully saturated rings. The van der Waals surface area contributed by atoms with Gasteiger partial charge >= 0.3 is 0 Å². The highest BCUT2D eigenvalue weighted by molar-refractivity contribution is 5.99. The van der Waals surface area contributed by atoms with E-state index in [1.165, 1.54) is 44.1 Å². The Morgan fingerprint density at radius 2 is 1.67 bits per heavy atom. The Balaban J connectivity index is 1.29. The molecule has 0 radical (unpaired) electrons. The molecule has 2 aromatic rings. The summed E-state index contributed by atoms with van der Waals surface area (Å²) >= 11 is 0. The summed E-state index contributed by atoms with van der Waals surface area (Å²) in [5, 5.41) is 11.8. The van der Waals surface area contributed by atoms with Crippen molar-refractivity contribution in [1.82, 2.24) is 15.1 Å². The summed E-state index contributed by atoms with van der Waals surface area (Å²) in [6.45, 7) is 4.42. The van der Waals surface area contributed by atoms with Gasteiger partial charge in [0.1, 0.15) is 11.4 Å². The maximum absolute atomic E-state index is 13.5. The number of aromatic nitrogens is 2. The standard InChI is InChI=1S/C25H32N4O/c1-24(2)14-21(19-6-4-3-5-7-19)27-22-20(15-26-29(22)24)23(30)28-25-11-16-8-17(12-25)10-18(9-16)13-25/h3-7,15-18,21,27H,8-14H2,1-2H3,(H,28,30)/t16?,17?,18?,21-,25?/m1/s1. The van der Waals surface area contributed by atoms with Crippen LogP contribution in [0.1, 0.15) is 80.8 Å². The lowest BCUT2D eigenvalue weighted by Gasteiger charge is -2.56. The number of benzene rings is 1. The quantitative estimate of drug-likeness (QED) is 0.767. The molecular formula is C25H32N4O. The normalized spacial score (nSPS) is 35.5. The third-order valence-electron chi connectivity index (χ3n) is 8.22. The molecule has 1 aromatic carbocycles. The van der Waals surface area contributed by atoms with Gasteiger partial charge in [-0.2, -0.15) is 5.10 Å². The van der Waals surface area contributed by atoms with Gasteiger partial charge in [-0.3, -0.25) is 4.79 Å². The Morgan fingerprint density at radius 1 is 1.03 bits per heavy atom. The minimum absolute atomic E-state index is 0.0175. The number of anilines is 1. The molecule has 158 valence electrons. The fourth-order valence-electron chi connectivity index (χ4n) is 7.37. The summed E-state index contributed by atoms with van der Waals surface area (Å²) in [7, 11) is 0. The second-order valence-corrected chi connectivity index (χ2v) is 11.1. The van der Waals surface area contributed by atoms with Gasteiger partial charge in [0, 0.05) is 5.54 Å². The molecule has 5 heteroatoms. The second kappa shape index (κ2) is 6.35. The van der Waals surface area contributed by atoms with E-state index in [2.05, 4.69) is 53.8 Å². The summed E-state index contributed by atoms with van der Waals surface area (Å²) in [4.78, 5) is 13.5. The highest BCUT2D eigenvalue weighted by atomic mass is 16.1. The van der Waals surface area contributed by atoms with E-state index in [0.29, 0.717) is 5.56 Å². The van der Waals surface area contributed by atoms with Crippen molar-refractivity contribution in [3.63, 3.8) is 0 Å². The molecule has 0 unspecified atom stereocenters. The van der Waals surface area contributed by atoms with Gasteiger partial charge < -0.3 is 10.6 Å². The number of rotatable bonds is 3. The van der Waals surface area contributed by atoms with Crippen LogP contribution in [0, 0.1) is 17.8 Å². The molecule has 1 aromatic heterocycles. The van der Waals surface area contributed by atoms with E-state index in [-0.39, 0.29) is 23.0 Å². The second-order valence-electron chi connectivity index (χ2n) is 11.1. The van der Waals surface area contributed by atoms with Gasteiger partial charge in [-0.1, -0.05) is 30.3 Å². The lowest BCUT2D eigenvalue weighted by Crippen LogP contribution is -2.59. The zero-order valence-corrected chi connectivity index (χ0v) is 18.0. The molecule has 5 nitrogen and oxygen atoms in total. The molecule has 0 saturated heterocycles. The monoisotopic (exact) mass is 404 g/mol. The third kappa shape index (κ3) is 2.89. The first-order valence-electron chi connectivity index (χ1n) is 11.6. The van der Waals surface area contributed by atoms with Crippen LogP contribution in [0.5, 0.6) is 0 Å². The SMILES string of the molecule is CC1(C)C[C@H](c2ccccc2)Nc2c(C(=O)NC34CC5CC(CC(C5)C3)C4)cnn21. The first kappa shape index (κ1) is 18.5. The number of carbonyl (C=O) groups is 1. The van der Waals surface area contributed by atoms with E-state index in [4.69, 9.17) is 0 Å². The predicted octanol–water partition coefficient (Wildman–Crippen LogP) is 4.87. The fourth-order valence-corrected chi connectivity index (χ4v) is 7.37. The van der Waals surface area contributed by atoms with E-state index in [1.807, 2.05) is 10.7 Å². The van der Waals surface area contributed by atoms with Crippen molar-refractivity contribution in [3.8, 4) is 0 Å². The van der Waals surface area contributed by atoms with Crippen molar-refractivity contribution in [2.24, 2.45) is 17.8 Å². The minimum atomic E-state index is -0.152. The van der Waals surface area contributed by atoms with Crippen LogP contribution in [-0.4, -0.2) is 21.2 Å². The maximum Gasteiger partial charge on any atom is 0.257 e. The van der Waals surface area contributed by atoms with Gasteiger partial charge in [-0.05, 0) is 82.1 Å². The Morgan fingerprint density at radius 3 is 2.30 bits per heavy atom. The van der Waals surface area contributed by atoms with Crippen molar-refractivity contribution in [2.45, 2.75) is 75.9 Å². The molecule has 1 atom stereocenters. The summed E-state index contributed by atoms with van der Waals surface area (Å²) in [5.74, 6) is 3.36. The van der Waals surface area contributed by atoms with Crippen molar-refractivity contribution in [3.05, 3.63) is 47.7 Å². The van der Waals surface area contributed by atoms with Crippen LogP contribution in [0.4, 0.5) is 5.82 Å². The maximum atomic E-state index is 13.5. The van der Waals surface area contributed by atoms with Crippen LogP contribution in [0.15, 0.2) is 36.5 Å². The Labute approximate surface area is 178 Å². The van der Waals surface area contributed by atoms with Crippen LogP contribution in [0.25, 0.3) is 0 Å². The molecule has 2 N–H and O–H groups in total.